The quantitative estimate of drug-likeness (QED) is 0.842. The van der Waals surface area contributed by atoms with Crippen molar-refractivity contribution in [2.24, 2.45) is 5.41 Å². The molecule has 0 spiro atoms. The largest absolute Gasteiger partial charge is 0.387 e. The molecular weight excluding hydrogens is 240 g/mol. The van der Waals surface area contributed by atoms with E-state index in [2.05, 4.69) is 12.2 Å². The summed E-state index contributed by atoms with van der Waals surface area (Å²) in [5.41, 5.74) is 0.208. The zero-order chi connectivity index (χ0) is 13.2. The van der Waals surface area contributed by atoms with Gasteiger partial charge in [0.1, 0.15) is 11.6 Å². The predicted octanol–water partition coefficient (Wildman–Crippen LogP) is 1.62. The van der Waals surface area contributed by atoms with Crippen molar-refractivity contribution in [1.82, 2.24) is 5.32 Å². The number of halogens is 2. The highest BCUT2D eigenvalue weighted by Gasteiger charge is 2.32. The molecule has 0 aliphatic carbocycles. The Hall–Kier alpha value is -1.04. The molecule has 5 heteroatoms. The van der Waals surface area contributed by atoms with Gasteiger partial charge in [-0.2, -0.15) is 0 Å². The van der Waals surface area contributed by atoms with Crippen LogP contribution in [0.1, 0.15) is 18.6 Å². The molecule has 0 saturated carbocycles. The Morgan fingerprint density at radius 2 is 2.17 bits per heavy atom. The summed E-state index contributed by atoms with van der Waals surface area (Å²) in [4.78, 5) is 0. The van der Waals surface area contributed by atoms with Crippen LogP contribution < -0.4 is 5.32 Å². The van der Waals surface area contributed by atoms with E-state index in [0.29, 0.717) is 19.8 Å². The Kier molecular flexibility index (Phi) is 3.94. The normalized spacial score (nSPS) is 19.3. The molecule has 1 unspecified atom stereocenters. The summed E-state index contributed by atoms with van der Waals surface area (Å²) >= 11 is 0. The minimum Gasteiger partial charge on any atom is -0.387 e. The van der Waals surface area contributed by atoms with Crippen LogP contribution in [0, 0.1) is 17.0 Å². The number of aliphatic hydroxyl groups is 1. The predicted molar refractivity (Wildman–Crippen MR) is 63.1 cm³/mol. The van der Waals surface area contributed by atoms with E-state index in [0.717, 1.165) is 12.1 Å². The zero-order valence-corrected chi connectivity index (χ0v) is 10.2. The van der Waals surface area contributed by atoms with Crippen molar-refractivity contribution in [3.63, 3.8) is 0 Å². The highest BCUT2D eigenvalue weighted by molar-refractivity contribution is 5.21. The van der Waals surface area contributed by atoms with Gasteiger partial charge >= 0.3 is 0 Å². The fourth-order valence-corrected chi connectivity index (χ4v) is 1.94. The molecule has 3 nitrogen and oxygen atoms in total. The van der Waals surface area contributed by atoms with Crippen molar-refractivity contribution < 1.29 is 18.6 Å². The van der Waals surface area contributed by atoms with Crippen LogP contribution in [0.3, 0.4) is 0 Å². The van der Waals surface area contributed by atoms with Crippen LogP contribution >= 0.6 is 0 Å². The number of ether oxygens (including phenoxy) is 1. The minimum atomic E-state index is -0.977. The van der Waals surface area contributed by atoms with Gasteiger partial charge in [0.05, 0.1) is 19.3 Å². The second-order valence-electron chi connectivity index (χ2n) is 5.12. The number of hydrogen-bond donors (Lipinski definition) is 2. The van der Waals surface area contributed by atoms with Gasteiger partial charge in [-0.3, -0.25) is 0 Å². The Morgan fingerprint density at radius 1 is 1.44 bits per heavy atom. The third-order valence-electron chi connectivity index (χ3n) is 3.11. The molecule has 18 heavy (non-hydrogen) atoms. The van der Waals surface area contributed by atoms with E-state index >= 15 is 0 Å². The summed E-state index contributed by atoms with van der Waals surface area (Å²) in [6.07, 6.45) is -0.977. The van der Waals surface area contributed by atoms with Gasteiger partial charge in [-0.05, 0) is 6.07 Å². The molecule has 1 atom stereocenters. The van der Waals surface area contributed by atoms with Crippen LogP contribution in [0.5, 0.6) is 0 Å². The summed E-state index contributed by atoms with van der Waals surface area (Å²) in [5, 5.41) is 12.9. The van der Waals surface area contributed by atoms with Crippen LogP contribution in [-0.2, 0) is 4.74 Å². The molecular formula is C13H17F2NO2. The average molecular weight is 257 g/mol. The van der Waals surface area contributed by atoms with Gasteiger partial charge in [0.25, 0.3) is 0 Å². The Balaban J connectivity index is 1.85. The third kappa shape index (κ3) is 3.04. The summed E-state index contributed by atoms with van der Waals surface area (Å²) in [5.74, 6) is -1.36. The molecule has 1 aliphatic heterocycles. The molecule has 1 fully saturated rings. The summed E-state index contributed by atoms with van der Waals surface area (Å²) < 4.78 is 31.2. The molecule has 1 aromatic rings. The van der Waals surface area contributed by atoms with E-state index in [4.69, 9.17) is 4.74 Å². The summed E-state index contributed by atoms with van der Waals surface area (Å²) in [6.45, 7) is 4.40. The van der Waals surface area contributed by atoms with E-state index in [9.17, 15) is 13.9 Å². The minimum absolute atomic E-state index is 0.0983. The molecule has 1 aliphatic rings. The highest BCUT2D eigenvalue weighted by atomic mass is 19.1. The standard InChI is InChI=1S/C13H17F2NO2/c1-13(7-18-8-13)6-16-5-12(17)10-3-2-9(14)4-11(10)15/h2-4,12,16-17H,5-8H2,1H3. The third-order valence-corrected chi connectivity index (χ3v) is 3.11. The van der Waals surface area contributed by atoms with E-state index in [-0.39, 0.29) is 17.5 Å². The number of benzene rings is 1. The molecule has 1 aromatic carbocycles. The molecule has 1 saturated heterocycles. The van der Waals surface area contributed by atoms with Gasteiger partial charge < -0.3 is 15.2 Å². The molecule has 2 rings (SSSR count). The first-order valence-electron chi connectivity index (χ1n) is 5.92. The Bertz CT molecular complexity index is 421. The lowest BCUT2D eigenvalue weighted by molar-refractivity contribution is -0.0996. The topological polar surface area (TPSA) is 41.5 Å². The van der Waals surface area contributed by atoms with Crippen molar-refractivity contribution in [3.05, 3.63) is 35.4 Å². The average Bonchev–Trinajstić information content (AvgIpc) is 2.26. The second-order valence-corrected chi connectivity index (χ2v) is 5.12. The van der Waals surface area contributed by atoms with Crippen molar-refractivity contribution in [3.8, 4) is 0 Å². The molecule has 0 bridgehead atoms. The molecule has 2 N–H and O–H groups in total. The maximum absolute atomic E-state index is 13.4. The lowest BCUT2D eigenvalue weighted by atomic mass is 9.88. The first kappa shape index (κ1) is 13.4. The van der Waals surface area contributed by atoms with Gasteiger partial charge in [0.2, 0.25) is 0 Å². The van der Waals surface area contributed by atoms with Gasteiger partial charge in [0, 0.05) is 30.1 Å². The maximum atomic E-state index is 13.4. The van der Waals surface area contributed by atoms with Crippen LogP contribution in [-0.4, -0.2) is 31.4 Å². The number of nitrogens with one attached hydrogen (secondary N) is 1. The van der Waals surface area contributed by atoms with E-state index < -0.39 is 17.7 Å². The van der Waals surface area contributed by atoms with Crippen molar-refractivity contribution >= 4 is 0 Å². The number of hydrogen-bond acceptors (Lipinski definition) is 3. The molecule has 0 radical (unpaired) electrons. The van der Waals surface area contributed by atoms with Crippen LogP contribution in [0.2, 0.25) is 0 Å². The first-order chi connectivity index (χ1) is 8.50. The van der Waals surface area contributed by atoms with E-state index in [1.165, 1.54) is 6.07 Å². The van der Waals surface area contributed by atoms with E-state index in [1.54, 1.807) is 0 Å². The zero-order valence-electron chi connectivity index (χ0n) is 10.2. The van der Waals surface area contributed by atoms with Gasteiger partial charge in [-0.25, -0.2) is 8.78 Å². The maximum Gasteiger partial charge on any atom is 0.131 e. The van der Waals surface area contributed by atoms with E-state index in [1.807, 2.05) is 0 Å². The SMILES string of the molecule is CC1(CNCC(O)c2ccc(F)cc2F)COC1. The van der Waals surface area contributed by atoms with Crippen molar-refractivity contribution in [2.45, 2.75) is 13.0 Å². The van der Waals surface area contributed by atoms with Crippen LogP contribution in [0.4, 0.5) is 8.78 Å². The fourth-order valence-electron chi connectivity index (χ4n) is 1.94. The molecule has 100 valence electrons. The smallest absolute Gasteiger partial charge is 0.131 e. The molecule has 1 heterocycles. The van der Waals surface area contributed by atoms with Crippen LogP contribution in [0.25, 0.3) is 0 Å². The number of rotatable bonds is 5. The van der Waals surface area contributed by atoms with Gasteiger partial charge in [-0.15, -0.1) is 0 Å². The molecule has 0 amide bonds. The highest BCUT2D eigenvalue weighted by Crippen LogP contribution is 2.25. The second kappa shape index (κ2) is 5.30. The van der Waals surface area contributed by atoms with Crippen LogP contribution in [0.15, 0.2) is 18.2 Å². The van der Waals surface area contributed by atoms with Crippen molar-refractivity contribution in [2.75, 3.05) is 26.3 Å². The van der Waals surface area contributed by atoms with Crippen molar-refractivity contribution in [1.29, 1.82) is 0 Å². The Labute approximate surface area is 105 Å². The fraction of sp³-hybridized carbons (Fsp3) is 0.538. The summed E-state index contributed by atoms with van der Waals surface area (Å²) in [6, 6.07) is 3.19. The lowest BCUT2D eigenvalue weighted by Gasteiger charge is -2.38. The summed E-state index contributed by atoms with van der Waals surface area (Å²) in [7, 11) is 0. The molecule has 0 aromatic heterocycles. The van der Waals surface area contributed by atoms with Gasteiger partial charge in [-0.1, -0.05) is 13.0 Å². The monoisotopic (exact) mass is 257 g/mol. The number of aliphatic hydroxyl groups excluding tert-OH is 1. The lowest BCUT2D eigenvalue weighted by Crippen LogP contribution is -2.47. The Morgan fingerprint density at radius 3 is 2.72 bits per heavy atom. The first-order valence-corrected chi connectivity index (χ1v) is 5.92. The van der Waals surface area contributed by atoms with Gasteiger partial charge in [0.15, 0.2) is 0 Å².